The maximum absolute atomic E-state index is 12.6. The molecular weight excluding hydrogens is 212 g/mol. The average Bonchev–Trinajstić information content (AvgIpc) is 3.19. The summed E-state index contributed by atoms with van der Waals surface area (Å²) in [5.74, 6) is 0.467. The van der Waals surface area contributed by atoms with E-state index < -0.39 is 0 Å². The van der Waals surface area contributed by atoms with Crippen molar-refractivity contribution >= 4 is 5.91 Å². The van der Waals surface area contributed by atoms with Crippen LogP contribution in [-0.2, 0) is 4.79 Å². The second kappa shape index (κ2) is 3.98. The van der Waals surface area contributed by atoms with E-state index >= 15 is 0 Å². The van der Waals surface area contributed by atoms with Gasteiger partial charge in [-0.3, -0.25) is 4.79 Å². The molecule has 0 atom stereocenters. The highest BCUT2D eigenvalue weighted by Gasteiger charge is 2.51. The van der Waals surface area contributed by atoms with E-state index in [4.69, 9.17) is 0 Å². The predicted octanol–water partition coefficient (Wildman–Crippen LogP) is 1.87. The van der Waals surface area contributed by atoms with Crippen molar-refractivity contribution < 1.29 is 4.79 Å². The van der Waals surface area contributed by atoms with Crippen LogP contribution in [0.3, 0.4) is 0 Å². The molecule has 17 heavy (non-hydrogen) atoms. The Kier molecular flexibility index (Phi) is 2.69. The minimum Gasteiger partial charge on any atom is -0.336 e. The lowest BCUT2D eigenvalue weighted by Gasteiger charge is -2.39. The van der Waals surface area contributed by atoms with Crippen molar-refractivity contribution in [2.24, 2.45) is 5.41 Å². The number of carbonyl (C=O) groups is 1. The Morgan fingerprint density at radius 2 is 1.65 bits per heavy atom. The molecule has 3 nitrogen and oxygen atoms in total. The van der Waals surface area contributed by atoms with E-state index in [1.807, 2.05) is 0 Å². The molecule has 0 N–H and O–H groups in total. The first-order valence-corrected chi connectivity index (χ1v) is 7.11. The van der Waals surface area contributed by atoms with E-state index in [-0.39, 0.29) is 5.41 Å². The van der Waals surface area contributed by atoms with Crippen LogP contribution in [0, 0.1) is 5.41 Å². The van der Waals surface area contributed by atoms with E-state index in [1.165, 1.54) is 25.7 Å². The van der Waals surface area contributed by atoms with Crippen molar-refractivity contribution in [1.82, 2.24) is 9.80 Å². The van der Waals surface area contributed by atoms with Gasteiger partial charge in [0, 0.05) is 17.5 Å². The van der Waals surface area contributed by atoms with Gasteiger partial charge in [0.15, 0.2) is 0 Å². The molecule has 1 aliphatic heterocycles. The van der Waals surface area contributed by atoms with Crippen LogP contribution in [0.15, 0.2) is 0 Å². The molecule has 96 valence electrons. The number of hydrogen-bond donors (Lipinski definition) is 0. The molecule has 1 amide bonds. The van der Waals surface area contributed by atoms with Crippen molar-refractivity contribution in [3.05, 3.63) is 0 Å². The van der Waals surface area contributed by atoms with E-state index in [1.54, 1.807) is 0 Å². The molecule has 0 unspecified atom stereocenters. The Hall–Kier alpha value is -0.570. The fraction of sp³-hybridized carbons (Fsp3) is 0.929. The van der Waals surface area contributed by atoms with Crippen LogP contribution in [0.5, 0.6) is 0 Å². The Morgan fingerprint density at radius 3 is 2.12 bits per heavy atom. The number of hydrogen-bond acceptors (Lipinski definition) is 2. The average molecular weight is 236 g/mol. The molecule has 1 saturated heterocycles. The molecule has 2 aliphatic carbocycles. The van der Waals surface area contributed by atoms with Crippen LogP contribution in [0.4, 0.5) is 0 Å². The van der Waals surface area contributed by atoms with Gasteiger partial charge in [0.2, 0.25) is 5.91 Å². The van der Waals surface area contributed by atoms with E-state index in [0.717, 1.165) is 25.9 Å². The van der Waals surface area contributed by atoms with Gasteiger partial charge < -0.3 is 9.80 Å². The van der Waals surface area contributed by atoms with E-state index in [9.17, 15) is 4.79 Å². The quantitative estimate of drug-likeness (QED) is 0.747. The summed E-state index contributed by atoms with van der Waals surface area (Å²) in [6.45, 7) is 4.45. The normalized spacial score (nSPS) is 29.1. The summed E-state index contributed by atoms with van der Waals surface area (Å²) >= 11 is 0. The predicted molar refractivity (Wildman–Crippen MR) is 67.7 cm³/mol. The van der Waals surface area contributed by atoms with E-state index in [2.05, 4.69) is 23.8 Å². The highest BCUT2D eigenvalue weighted by atomic mass is 16.2. The van der Waals surface area contributed by atoms with Gasteiger partial charge in [-0.2, -0.15) is 0 Å². The Labute approximate surface area is 104 Å². The molecule has 2 saturated carbocycles. The third-order valence-corrected chi connectivity index (χ3v) is 4.77. The number of rotatable bonds is 3. The van der Waals surface area contributed by atoms with Gasteiger partial charge in [-0.25, -0.2) is 0 Å². The van der Waals surface area contributed by atoms with Crippen LogP contribution in [-0.4, -0.2) is 47.9 Å². The summed E-state index contributed by atoms with van der Waals surface area (Å²) in [6.07, 6.45) is 7.06. The van der Waals surface area contributed by atoms with Gasteiger partial charge in [0.25, 0.3) is 0 Å². The molecule has 0 spiro atoms. The highest BCUT2D eigenvalue weighted by Crippen LogP contribution is 2.49. The summed E-state index contributed by atoms with van der Waals surface area (Å²) in [7, 11) is 2.18. The molecule has 0 bridgehead atoms. The molecule has 3 aliphatic rings. The molecule has 0 radical (unpaired) electrons. The number of likely N-dealkylation sites (tertiary alicyclic amines) is 1. The highest BCUT2D eigenvalue weighted by molar-refractivity contribution is 5.85. The minimum absolute atomic E-state index is 0.0198. The molecule has 0 aromatic carbocycles. The standard InChI is InChI=1S/C14H24N2O/c1-14(7-8-14)13(17)16(11-3-4-11)12-5-9-15(2)10-6-12/h11-12H,3-10H2,1-2H3. The summed E-state index contributed by atoms with van der Waals surface area (Å²) in [5, 5.41) is 0. The lowest BCUT2D eigenvalue weighted by Crippen LogP contribution is -2.49. The van der Waals surface area contributed by atoms with Crippen molar-refractivity contribution in [3.63, 3.8) is 0 Å². The Morgan fingerprint density at radius 1 is 1.12 bits per heavy atom. The first-order chi connectivity index (χ1) is 8.10. The summed E-state index contributed by atoms with van der Waals surface area (Å²) in [6, 6.07) is 1.12. The maximum atomic E-state index is 12.6. The first kappa shape index (κ1) is 11.5. The summed E-state index contributed by atoms with van der Waals surface area (Å²) in [4.78, 5) is 17.3. The second-order valence-corrected chi connectivity index (χ2v) is 6.54. The second-order valence-electron chi connectivity index (χ2n) is 6.54. The zero-order valence-electron chi connectivity index (χ0n) is 11.1. The first-order valence-electron chi connectivity index (χ1n) is 7.11. The fourth-order valence-electron chi connectivity index (χ4n) is 2.97. The SMILES string of the molecule is CN1CCC(N(C(=O)C2(C)CC2)C2CC2)CC1. The molecular formula is C14H24N2O. The molecule has 0 aromatic heterocycles. The van der Waals surface area contributed by atoms with Crippen molar-refractivity contribution in [1.29, 1.82) is 0 Å². The number of amides is 1. The van der Waals surface area contributed by atoms with Gasteiger partial charge in [-0.05, 0) is 58.7 Å². The third kappa shape index (κ3) is 2.22. The van der Waals surface area contributed by atoms with Crippen molar-refractivity contribution in [2.45, 2.75) is 57.5 Å². The molecule has 3 rings (SSSR count). The summed E-state index contributed by atoms with van der Waals surface area (Å²) in [5.41, 5.74) is 0.0198. The Balaban J connectivity index is 1.69. The number of piperidine rings is 1. The molecule has 3 heteroatoms. The maximum Gasteiger partial charge on any atom is 0.229 e. The third-order valence-electron chi connectivity index (χ3n) is 4.77. The lowest BCUT2D eigenvalue weighted by atomic mass is 10.00. The zero-order valence-corrected chi connectivity index (χ0v) is 11.1. The molecule has 1 heterocycles. The van der Waals surface area contributed by atoms with Crippen LogP contribution in [0.2, 0.25) is 0 Å². The zero-order chi connectivity index (χ0) is 12.0. The monoisotopic (exact) mass is 236 g/mol. The fourth-order valence-corrected chi connectivity index (χ4v) is 2.97. The topological polar surface area (TPSA) is 23.6 Å². The molecule has 0 aromatic rings. The van der Waals surface area contributed by atoms with Crippen LogP contribution in [0.1, 0.15) is 45.4 Å². The van der Waals surface area contributed by atoms with Crippen molar-refractivity contribution in [2.75, 3.05) is 20.1 Å². The smallest absolute Gasteiger partial charge is 0.229 e. The van der Waals surface area contributed by atoms with Crippen LogP contribution in [0.25, 0.3) is 0 Å². The van der Waals surface area contributed by atoms with Crippen LogP contribution >= 0.6 is 0 Å². The van der Waals surface area contributed by atoms with Crippen LogP contribution < -0.4 is 0 Å². The largest absolute Gasteiger partial charge is 0.336 e. The number of nitrogens with zero attached hydrogens (tertiary/aromatic N) is 2. The lowest BCUT2D eigenvalue weighted by molar-refractivity contribution is -0.140. The van der Waals surface area contributed by atoms with Gasteiger partial charge in [0.05, 0.1) is 0 Å². The van der Waals surface area contributed by atoms with E-state index in [0.29, 0.717) is 18.0 Å². The van der Waals surface area contributed by atoms with Gasteiger partial charge in [0.1, 0.15) is 0 Å². The van der Waals surface area contributed by atoms with Gasteiger partial charge in [-0.1, -0.05) is 6.92 Å². The molecule has 3 fully saturated rings. The number of carbonyl (C=O) groups excluding carboxylic acids is 1. The van der Waals surface area contributed by atoms with Gasteiger partial charge in [-0.15, -0.1) is 0 Å². The minimum atomic E-state index is 0.0198. The van der Waals surface area contributed by atoms with Gasteiger partial charge >= 0.3 is 0 Å². The van der Waals surface area contributed by atoms with Crippen molar-refractivity contribution in [3.8, 4) is 0 Å². The summed E-state index contributed by atoms with van der Waals surface area (Å²) < 4.78 is 0. The Bertz CT molecular complexity index is 312.